The Morgan fingerprint density at radius 2 is 1.39 bits per heavy atom. The summed E-state index contributed by atoms with van der Waals surface area (Å²) in [6.07, 6.45) is -0.469. The molecule has 2 atom stereocenters. The van der Waals surface area contributed by atoms with E-state index in [9.17, 15) is 0 Å². The van der Waals surface area contributed by atoms with E-state index in [1.807, 2.05) is 35.6 Å². The van der Waals surface area contributed by atoms with Crippen LogP contribution in [0, 0.1) is 0 Å². The number of furan rings is 1. The number of amidine groups is 1. The summed E-state index contributed by atoms with van der Waals surface area (Å²) in [7, 11) is 0. The van der Waals surface area contributed by atoms with Crippen LogP contribution in [0.5, 0.6) is 0 Å². The van der Waals surface area contributed by atoms with Crippen LogP contribution in [0.2, 0.25) is 5.02 Å². The minimum Gasteiger partial charge on any atom is -0.454 e. The molecule has 1 aliphatic heterocycles. The molecular weight excluding hydrogens is 642 g/mol. The smallest absolute Gasteiger partial charge is 0.154 e. The van der Waals surface area contributed by atoms with Gasteiger partial charge in [-0.3, -0.25) is 5.32 Å². The van der Waals surface area contributed by atoms with Crippen LogP contribution >= 0.6 is 22.9 Å². The van der Waals surface area contributed by atoms with Crippen LogP contribution in [0.15, 0.2) is 155 Å². The Balaban J connectivity index is 1.15. The summed E-state index contributed by atoms with van der Waals surface area (Å²) in [4.78, 5) is 5.31. The highest BCUT2D eigenvalue weighted by Gasteiger charge is 2.27. The molecule has 0 saturated heterocycles. The van der Waals surface area contributed by atoms with E-state index in [0.717, 1.165) is 49.8 Å². The second kappa shape index (κ2) is 11.3. The molecule has 0 aliphatic carbocycles. The summed E-state index contributed by atoms with van der Waals surface area (Å²) < 4.78 is 8.88. The van der Waals surface area contributed by atoms with E-state index in [1.54, 1.807) is 0 Å². The molecule has 0 saturated carbocycles. The zero-order valence-corrected chi connectivity index (χ0v) is 27.7. The van der Waals surface area contributed by atoms with E-state index in [1.165, 1.54) is 31.1 Å². The maximum atomic E-state index is 6.61. The fraction of sp³-hybridized carbons (Fsp3) is 0.0465. The lowest BCUT2D eigenvalue weighted by atomic mass is 9.92. The van der Waals surface area contributed by atoms with Crippen molar-refractivity contribution in [2.24, 2.45) is 4.99 Å². The van der Waals surface area contributed by atoms with E-state index in [0.29, 0.717) is 10.6 Å². The third-order valence-electron chi connectivity index (χ3n) is 9.61. The number of nitrogens with one attached hydrogen (secondary N) is 2. The maximum Gasteiger partial charge on any atom is 0.154 e. The molecule has 9 aromatic rings. The zero-order valence-electron chi connectivity index (χ0n) is 26.2. The lowest BCUT2D eigenvalue weighted by Gasteiger charge is -2.32. The van der Waals surface area contributed by atoms with Crippen molar-refractivity contribution in [3.63, 3.8) is 0 Å². The number of para-hydroxylation sites is 1. The lowest BCUT2D eigenvalue weighted by Crippen LogP contribution is -2.44. The third-order valence-corrected chi connectivity index (χ3v) is 11.0. The van der Waals surface area contributed by atoms with Crippen LogP contribution < -0.4 is 10.6 Å². The van der Waals surface area contributed by atoms with E-state index in [4.69, 9.17) is 21.0 Å². The summed E-state index contributed by atoms with van der Waals surface area (Å²) >= 11 is 8.44. The number of nitrogens with zero attached hydrogens (tertiary/aromatic N) is 1. The fourth-order valence-corrected chi connectivity index (χ4v) is 8.69. The van der Waals surface area contributed by atoms with Gasteiger partial charge >= 0.3 is 0 Å². The van der Waals surface area contributed by atoms with Crippen LogP contribution in [0.1, 0.15) is 29.0 Å². The first kappa shape index (κ1) is 28.5. The molecule has 0 fully saturated rings. The number of aliphatic imine (C=N–C) groups is 1. The summed E-state index contributed by atoms with van der Waals surface area (Å²) in [5.74, 6) is 0.859. The minimum atomic E-state index is -0.308. The molecule has 3 heterocycles. The summed E-state index contributed by atoms with van der Waals surface area (Å²) in [6.45, 7) is 0. The highest BCUT2D eigenvalue weighted by atomic mass is 35.5. The summed E-state index contributed by atoms with van der Waals surface area (Å²) in [5.41, 5.74) is 7.05. The Kier molecular flexibility index (Phi) is 6.59. The third kappa shape index (κ3) is 4.73. The SMILES string of the molecule is Clc1cccc2c1oc1cccc(-c3cc(C4N=C(c5ccccc5)NC(c5ccc6c(c5)sc5ccccc56)N4)cc4ccccc34)c12. The lowest BCUT2D eigenvalue weighted by molar-refractivity contribution is 0.409. The van der Waals surface area contributed by atoms with Gasteiger partial charge in [-0.15, -0.1) is 11.3 Å². The summed E-state index contributed by atoms with van der Waals surface area (Å²) in [6, 6.07) is 51.2. The predicted octanol–water partition coefficient (Wildman–Crippen LogP) is 11.8. The number of hydrogen-bond donors (Lipinski definition) is 2. The molecule has 0 amide bonds. The second-order valence-electron chi connectivity index (χ2n) is 12.5. The van der Waals surface area contributed by atoms with E-state index in [-0.39, 0.29) is 12.3 Å². The first-order valence-corrected chi connectivity index (χ1v) is 17.6. The highest BCUT2D eigenvalue weighted by Crippen LogP contribution is 2.43. The van der Waals surface area contributed by atoms with Crippen molar-refractivity contribution in [1.29, 1.82) is 0 Å². The van der Waals surface area contributed by atoms with Gasteiger partial charge in [0.15, 0.2) is 5.58 Å². The van der Waals surface area contributed by atoms with Crippen molar-refractivity contribution in [2.45, 2.75) is 12.3 Å². The first-order chi connectivity index (χ1) is 24.2. The van der Waals surface area contributed by atoms with Crippen molar-refractivity contribution in [3.05, 3.63) is 167 Å². The average molecular weight is 670 g/mol. The van der Waals surface area contributed by atoms with Crippen molar-refractivity contribution >= 4 is 81.7 Å². The molecule has 0 spiro atoms. The average Bonchev–Trinajstić information content (AvgIpc) is 3.74. The molecule has 0 radical (unpaired) electrons. The highest BCUT2D eigenvalue weighted by molar-refractivity contribution is 7.25. The van der Waals surface area contributed by atoms with E-state index < -0.39 is 0 Å². The molecule has 2 unspecified atom stereocenters. The van der Waals surface area contributed by atoms with Gasteiger partial charge in [-0.2, -0.15) is 0 Å². The van der Waals surface area contributed by atoms with Crippen LogP contribution in [-0.2, 0) is 0 Å². The Bertz CT molecular complexity index is 2760. The quantitative estimate of drug-likeness (QED) is 0.196. The molecule has 0 bridgehead atoms. The maximum absolute atomic E-state index is 6.61. The van der Waals surface area contributed by atoms with Gasteiger partial charge in [-0.25, -0.2) is 4.99 Å². The van der Waals surface area contributed by atoms with Crippen LogP contribution in [-0.4, -0.2) is 5.84 Å². The number of benzene rings is 7. The molecule has 2 aromatic heterocycles. The Labute approximate surface area is 291 Å². The molecule has 234 valence electrons. The van der Waals surface area contributed by atoms with Gasteiger partial charge in [0, 0.05) is 36.5 Å². The fourth-order valence-electron chi connectivity index (χ4n) is 7.32. The molecule has 6 heteroatoms. The number of halogens is 1. The van der Waals surface area contributed by atoms with Crippen LogP contribution in [0.25, 0.3) is 64.0 Å². The van der Waals surface area contributed by atoms with Gasteiger partial charge in [0.2, 0.25) is 0 Å². The molecule has 49 heavy (non-hydrogen) atoms. The van der Waals surface area contributed by atoms with Crippen molar-refractivity contribution < 1.29 is 4.42 Å². The standard InChI is InChI=1S/C43H28ClN3OS/c44-35-17-8-16-33-39-32(15-9-18-36(39)48-40(33)35)34-23-28(22-26-12-4-5-13-29(26)34)43-46-41(25-10-2-1-3-11-25)45-42(47-43)27-20-21-31-30-14-6-7-19-37(30)49-38(31)24-27/h1-24,42-43,47H,(H,45,46). The van der Waals surface area contributed by atoms with Crippen LogP contribution in [0.3, 0.4) is 0 Å². The molecule has 1 aliphatic rings. The van der Waals surface area contributed by atoms with Crippen molar-refractivity contribution in [3.8, 4) is 11.1 Å². The van der Waals surface area contributed by atoms with Gasteiger partial charge < -0.3 is 9.73 Å². The Morgan fingerprint density at radius 3 is 2.31 bits per heavy atom. The molecule has 4 nitrogen and oxygen atoms in total. The number of fused-ring (bicyclic) bond motifs is 7. The van der Waals surface area contributed by atoms with Crippen molar-refractivity contribution in [2.75, 3.05) is 0 Å². The molecular formula is C43H28ClN3OS. The van der Waals surface area contributed by atoms with Crippen LogP contribution in [0.4, 0.5) is 0 Å². The molecule has 2 N–H and O–H groups in total. The Morgan fingerprint density at radius 1 is 0.612 bits per heavy atom. The normalized spacial score (nSPS) is 16.5. The molecule has 10 rings (SSSR count). The predicted molar refractivity (Wildman–Crippen MR) is 206 cm³/mol. The molecule has 7 aromatic carbocycles. The summed E-state index contributed by atoms with van der Waals surface area (Å²) in [5, 5.41) is 15.2. The number of thiophene rings is 1. The van der Waals surface area contributed by atoms with Crippen molar-refractivity contribution in [1.82, 2.24) is 10.6 Å². The van der Waals surface area contributed by atoms with Gasteiger partial charge in [0.25, 0.3) is 0 Å². The zero-order chi connectivity index (χ0) is 32.5. The first-order valence-electron chi connectivity index (χ1n) is 16.4. The van der Waals surface area contributed by atoms with Gasteiger partial charge in [-0.05, 0) is 69.4 Å². The monoisotopic (exact) mass is 669 g/mol. The Hall–Kier alpha value is -5.46. The van der Waals surface area contributed by atoms with E-state index >= 15 is 0 Å². The van der Waals surface area contributed by atoms with Gasteiger partial charge in [-0.1, -0.05) is 121 Å². The van der Waals surface area contributed by atoms with Gasteiger partial charge in [0.1, 0.15) is 23.8 Å². The topological polar surface area (TPSA) is 49.6 Å². The van der Waals surface area contributed by atoms with Gasteiger partial charge in [0.05, 0.1) is 5.02 Å². The largest absolute Gasteiger partial charge is 0.454 e. The number of rotatable bonds is 4. The second-order valence-corrected chi connectivity index (χ2v) is 14.0. The number of hydrogen-bond acceptors (Lipinski definition) is 5. The minimum absolute atomic E-state index is 0.161. The van der Waals surface area contributed by atoms with E-state index in [2.05, 4.69) is 132 Å².